The monoisotopic (exact) mass is 471 g/mol. The van der Waals surface area contributed by atoms with E-state index >= 15 is 0 Å². The van der Waals surface area contributed by atoms with Gasteiger partial charge in [-0.3, -0.25) is 14.5 Å². The van der Waals surface area contributed by atoms with Crippen molar-refractivity contribution in [3.63, 3.8) is 0 Å². The number of furan rings is 1. The lowest BCUT2D eigenvalue weighted by Gasteiger charge is -2.18. The summed E-state index contributed by atoms with van der Waals surface area (Å²) in [5.41, 5.74) is -0.622. The number of amidine groups is 1. The highest BCUT2D eigenvalue weighted by Crippen LogP contribution is 2.35. The number of alkyl halides is 3. The predicted octanol–water partition coefficient (Wildman–Crippen LogP) is 5.41. The molecule has 0 radical (unpaired) electrons. The van der Waals surface area contributed by atoms with Gasteiger partial charge in [0.15, 0.2) is 5.17 Å². The van der Waals surface area contributed by atoms with Crippen molar-refractivity contribution in [1.29, 1.82) is 0 Å². The average Bonchev–Trinajstić information content (AvgIpc) is 3.41. The Balaban J connectivity index is 1.54. The van der Waals surface area contributed by atoms with Gasteiger partial charge in [0.2, 0.25) is 5.91 Å². The Bertz CT molecular complexity index is 1220. The molecule has 0 saturated heterocycles. The normalized spacial score (nSPS) is 15.1. The maximum Gasteiger partial charge on any atom is 0.418 e. The van der Waals surface area contributed by atoms with Crippen LogP contribution in [0.15, 0.2) is 88.1 Å². The third kappa shape index (κ3) is 5.17. The molecule has 1 N–H and O–H groups in total. The molecule has 2 amide bonds. The molecule has 0 unspecified atom stereocenters. The van der Waals surface area contributed by atoms with Gasteiger partial charge in [0.05, 0.1) is 29.0 Å². The lowest BCUT2D eigenvalue weighted by atomic mass is 10.1. The van der Waals surface area contributed by atoms with Crippen LogP contribution in [0.1, 0.15) is 11.3 Å². The minimum atomic E-state index is -4.60. The minimum Gasteiger partial charge on any atom is -0.465 e. The topological polar surface area (TPSA) is 74.9 Å². The Hall–Kier alpha value is -3.79. The highest BCUT2D eigenvalue weighted by atomic mass is 32.2. The summed E-state index contributed by atoms with van der Waals surface area (Å²) in [5.74, 6) is -0.899. The van der Waals surface area contributed by atoms with Gasteiger partial charge in [0.25, 0.3) is 5.91 Å². The standard InChI is InChI=1S/C23H16F3N3O3S/c24-23(25,26)17-10-4-5-11-18(17)27-20(30)14-33-22-28-19(13-16-9-6-12-32-16)21(31)29(22)15-7-2-1-3-8-15/h1-13H,14H2,(H,27,30)/b19-13+. The minimum absolute atomic E-state index is 0.110. The van der Waals surface area contributed by atoms with E-state index in [4.69, 9.17) is 4.42 Å². The number of anilines is 2. The number of thioether (sulfide) groups is 1. The largest absolute Gasteiger partial charge is 0.465 e. The number of benzene rings is 2. The molecule has 168 valence electrons. The molecule has 0 spiro atoms. The van der Waals surface area contributed by atoms with Crippen LogP contribution in [0.2, 0.25) is 0 Å². The summed E-state index contributed by atoms with van der Waals surface area (Å²) < 4.78 is 44.8. The van der Waals surface area contributed by atoms with Crippen molar-refractivity contribution in [3.05, 3.63) is 90.0 Å². The quantitative estimate of drug-likeness (QED) is 0.505. The number of hydrogen-bond donors (Lipinski definition) is 1. The van der Waals surface area contributed by atoms with Crippen LogP contribution < -0.4 is 10.2 Å². The Morgan fingerprint density at radius 2 is 1.79 bits per heavy atom. The number of aliphatic imine (C=N–C) groups is 1. The van der Waals surface area contributed by atoms with Crippen molar-refractivity contribution < 1.29 is 27.2 Å². The number of carbonyl (C=O) groups excluding carboxylic acids is 2. The van der Waals surface area contributed by atoms with Crippen LogP contribution in [0.5, 0.6) is 0 Å². The van der Waals surface area contributed by atoms with Gasteiger partial charge in [0.1, 0.15) is 11.5 Å². The number of carbonyl (C=O) groups is 2. The van der Waals surface area contributed by atoms with Gasteiger partial charge >= 0.3 is 6.18 Å². The molecule has 1 aliphatic heterocycles. The third-order valence-corrected chi connectivity index (χ3v) is 5.44. The van der Waals surface area contributed by atoms with Crippen LogP contribution in [-0.4, -0.2) is 22.7 Å². The Morgan fingerprint density at radius 3 is 2.48 bits per heavy atom. The molecular formula is C23H16F3N3O3S. The van der Waals surface area contributed by atoms with Gasteiger partial charge in [-0.15, -0.1) is 0 Å². The maximum atomic E-state index is 13.2. The number of para-hydroxylation sites is 2. The number of rotatable bonds is 5. The van der Waals surface area contributed by atoms with E-state index in [-0.39, 0.29) is 22.3 Å². The fraction of sp³-hybridized carbons (Fsp3) is 0.0870. The molecule has 0 saturated carbocycles. The first-order valence-corrected chi connectivity index (χ1v) is 10.6. The second-order valence-electron chi connectivity index (χ2n) is 6.80. The first-order valence-electron chi connectivity index (χ1n) is 9.65. The van der Waals surface area contributed by atoms with Gasteiger partial charge in [-0.25, -0.2) is 4.99 Å². The van der Waals surface area contributed by atoms with Crippen LogP contribution >= 0.6 is 11.8 Å². The highest BCUT2D eigenvalue weighted by molar-refractivity contribution is 8.14. The van der Waals surface area contributed by atoms with E-state index in [1.165, 1.54) is 35.4 Å². The second-order valence-corrected chi connectivity index (χ2v) is 7.74. The van der Waals surface area contributed by atoms with Crippen molar-refractivity contribution in [2.24, 2.45) is 4.99 Å². The highest BCUT2D eigenvalue weighted by Gasteiger charge is 2.34. The molecular weight excluding hydrogens is 455 g/mol. The zero-order valence-electron chi connectivity index (χ0n) is 16.9. The molecule has 1 aliphatic rings. The molecule has 0 atom stereocenters. The van der Waals surface area contributed by atoms with E-state index in [0.717, 1.165) is 17.8 Å². The first kappa shape index (κ1) is 22.4. The van der Waals surface area contributed by atoms with Crippen LogP contribution in [-0.2, 0) is 15.8 Å². The van der Waals surface area contributed by atoms with E-state index in [1.54, 1.807) is 42.5 Å². The predicted molar refractivity (Wildman–Crippen MR) is 121 cm³/mol. The number of amides is 2. The summed E-state index contributed by atoms with van der Waals surface area (Å²) in [6.07, 6.45) is -1.66. The lowest BCUT2D eigenvalue weighted by Crippen LogP contribution is -2.31. The van der Waals surface area contributed by atoms with Crippen LogP contribution in [0.3, 0.4) is 0 Å². The van der Waals surface area contributed by atoms with Crippen LogP contribution in [0.4, 0.5) is 24.5 Å². The van der Waals surface area contributed by atoms with E-state index in [0.29, 0.717) is 11.4 Å². The van der Waals surface area contributed by atoms with Gasteiger partial charge < -0.3 is 9.73 Å². The van der Waals surface area contributed by atoms with Gasteiger partial charge in [-0.05, 0) is 36.4 Å². The average molecular weight is 471 g/mol. The summed E-state index contributed by atoms with van der Waals surface area (Å²) in [6, 6.07) is 16.8. The summed E-state index contributed by atoms with van der Waals surface area (Å²) in [5, 5.41) is 2.51. The molecule has 2 aromatic carbocycles. The number of hydrogen-bond acceptors (Lipinski definition) is 5. The Labute approximate surface area is 190 Å². The Morgan fingerprint density at radius 1 is 1.06 bits per heavy atom. The van der Waals surface area contributed by atoms with Crippen molar-refractivity contribution in [2.45, 2.75) is 6.18 Å². The molecule has 1 aromatic heterocycles. The molecule has 33 heavy (non-hydrogen) atoms. The zero-order valence-corrected chi connectivity index (χ0v) is 17.7. The zero-order chi connectivity index (χ0) is 23.4. The fourth-order valence-corrected chi connectivity index (χ4v) is 3.87. The van der Waals surface area contributed by atoms with E-state index in [9.17, 15) is 22.8 Å². The summed E-state index contributed by atoms with van der Waals surface area (Å²) in [4.78, 5) is 31.1. The molecule has 0 bridgehead atoms. The maximum absolute atomic E-state index is 13.2. The first-order chi connectivity index (χ1) is 15.8. The summed E-state index contributed by atoms with van der Waals surface area (Å²) >= 11 is 0.938. The molecule has 3 aromatic rings. The van der Waals surface area contributed by atoms with E-state index in [1.807, 2.05) is 0 Å². The summed E-state index contributed by atoms with van der Waals surface area (Å²) in [7, 11) is 0. The SMILES string of the molecule is O=C(CSC1=N/C(=C/c2ccco2)C(=O)N1c1ccccc1)Nc1ccccc1C(F)(F)F. The second kappa shape index (κ2) is 9.37. The summed E-state index contributed by atoms with van der Waals surface area (Å²) in [6.45, 7) is 0. The van der Waals surface area contributed by atoms with Gasteiger partial charge in [-0.1, -0.05) is 42.1 Å². The van der Waals surface area contributed by atoms with Crippen molar-refractivity contribution in [1.82, 2.24) is 0 Å². The van der Waals surface area contributed by atoms with E-state index < -0.39 is 23.6 Å². The smallest absolute Gasteiger partial charge is 0.418 e. The van der Waals surface area contributed by atoms with Crippen LogP contribution in [0, 0.1) is 0 Å². The number of nitrogens with zero attached hydrogens (tertiary/aromatic N) is 2. The molecule has 10 heteroatoms. The lowest BCUT2D eigenvalue weighted by molar-refractivity contribution is -0.137. The number of nitrogens with one attached hydrogen (secondary N) is 1. The van der Waals surface area contributed by atoms with Crippen LogP contribution in [0.25, 0.3) is 6.08 Å². The molecule has 2 heterocycles. The number of halogens is 3. The van der Waals surface area contributed by atoms with E-state index in [2.05, 4.69) is 10.3 Å². The van der Waals surface area contributed by atoms with Gasteiger partial charge in [0, 0.05) is 6.08 Å². The molecule has 4 rings (SSSR count). The van der Waals surface area contributed by atoms with Crippen molar-refractivity contribution >= 4 is 46.2 Å². The third-order valence-electron chi connectivity index (χ3n) is 4.51. The van der Waals surface area contributed by atoms with Gasteiger partial charge in [-0.2, -0.15) is 13.2 Å². The van der Waals surface area contributed by atoms with Crippen molar-refractivity contribution in [2.75, 3.05) is 16.0 Å². The molecule has 0 aliphatic carbocycles. The van der Waals surface area contributed by atoms with Crippen molar-refractivity contribution in [3.8, 4) is 0 Å². The molecule has 0 fully saturated rings. The molecule has 6 nitrogen and oxygen atoms in total. The Kier molecular flexibility index (Phi) is 6.36. The fourth-order valence-electron chi connectivity index (χ4n) is 3.06.